The van der Waals surface area contributed by atoms with Crippen molar-refractivity contribution in [2.24, 2.45) is 5.10 Å². The first-order chi connectivity index (χ1) is 11.7. The summed E-state index contributed by atoms with van der Waals surface area (Å²) in [4.78, 5) is 8.33. The number of anilines is 1. The lowest BCUT2D eigenvalue weighted by Crippen LogP contribution is -1.95. The van der Waals surface area contributed by atoms with E-state index in [1.165, 1.54) is 18.6 Å². The summed E-state index contributed by atoms with van der Waals surface area (Å²) in [5.74, 6) is -1.45. The standard InChI is InChI=1S/C17H10F2N4O/c18-12-6-5-10(7-13(12)19)8-22-23-17-16-15(20-9-21-17)11-3-1-2-4-14(11)24-16/h1-9H,(H,20,21,23)/b22-8-. The van der Waals surface area contributed by atoms with E-state index >= 15 is 0 Å². The van der Waals surface area contributed by atoms with E-state index in [9.17, 15) is 8.78 Å². The highest BCUT2D eigenvalue weighted by atomic mass is 19.2. The van der Waals surface area contributed by atoms with E-state index in [1.807, 2.05) is 24.3 Å². The monoisotopic (exact) mass is 324 g/mol. The molecule has 0 saturated carbocycles. The summed E-state index contributed by atoms with van der Waals surface area (Å²) in [6.07, 6.45) is 2.76. The third-order valence-electron chi connectivity index (χ3n) is 3.49. The number of fused-ring (bicyclic) bond motifs is 3. The molecule has 2 heterocycles. The fourth-order valence-electron chi connectivity index (χ4n) is 2.36. The Balaban J connectivity index is 1.67. The number of hydrazone groups is 1. The van der Waals surface area contributed by atoms with Gasteiger partial charge >= 0.3 is 0 Å². The lowest BCUT2D eigenvalue weighted by atomic mass is 10.2. The molecule has 4 rings (SSSR count). The first-order valence-corrected chi connectivity index (χ1v) is 7.09. The van der Waals surface area contributed by atoms with E-state index in [0.717, 1.165) is 17.5 Å². The predicted octanol–water partition coefficient (Wildman–Crippen LogP) is 4.10. The van der Waals surface area contributed by atoms with Crippen LogP contribution >= 0.6 is 0 Å². The minimum Gasteiger partial charge on any atom is -0.450 e. The molecule has 0 aliphatic heterocycles. The molecule has 4 aromatic rings. The summed E-state index contributed by atoms with van der Waals surface area (Å²) in [5.41, 5.74) is 4.99. The molecule has 0 bridgehead atoms. The summed E-state index contributed by atoms with van der Waals surface area (Å²) in [5, 5.41) is 4.87. The molecule has 24 heavy (non-hydrogen) atoms. The van der Waals surface area contributed by atoms with Crippen LogP contribution in [0.2, 0.25) is 0 Å². The van der Waals surface area contributed by atoms with Gasteiger partial charge < -0.3 is 4.42 Å². The van der Waals surface area contributed by atoms with Crippen LogP contribution in [0.3, 0.4) is 0 Å². The van der Waals surface area contributed by atoms with Crippen LogP contribution < -0.4 is 5.43 Å². The third kappa shape index (κ3) is 2.45. The van der Waals surface area contributed by atoms with Crippen molar-refractivity contribution in [2.45, 2.75) is 0 Å². The fourth-order valence-corrected chi connectivity index (χ4v) is 2.36. The van der Waals surface area contributed by atoms with Gasteiger partial charge in [-0.1, -0.05) is 18.2 Å². The molecule has 0 saturated heterocycles. The molecular formula is C17H10F2N4O. The second-order valence-electron chi connectivity index (χ2n) is 5.04. The Hall–Kier alpha value is -3.35. The molecule has 0 spiro atoms. The number of nitrogens with one attached hydrogen (secondary N) is 1. The Bertz CT molecular complexity index is 1070. The average Bonchev–Trinajstić information content (AvgIpc) is 2.98. The minimum absolute atomic E-state index is 0.384. The maximum absolute atomic E-state index is 13.2. The molecule has 0 fully saturated rings. The van der Waals surface area contributed by atoms with Gasteiger partial charge in [-0.2, -0.15) is 5.10 Å². The minimum atomic E-state index is -0.930. The van der Waals surface area contributed by atoms with Crippen LogP contribution in [0, 0.1) is 11.6 Å². The van der Waals surface area contributed by atoms with E-state index in [2.05, 4.69) is 20.5 Å². The van der Waals surface area contributed by atoms with Gasteiger partial charge in [-0.15, -0.1) is 0 Å². The molecule has 2 aromatic carbocycles. The molecule has 7 heteroatoms. The number of benzene rings is 2. The fraction of sp³-hybridized carbons (Fsp3) is 0. The number of para-hydroxylation sites is 1. The Morgan fingerprint density at radius 3 is 2.79 bits per heavy atom. The number of hydrogen-bond donors (Lipinski definition) is 1. The molecule has 0 unspecified atom stereocenters. The van der Waals surface area contributed by atoms with Gasteiger partial charge in [-0.3, -0.25) is 5.43 Å². The molecule has 0 aliphatic carbocycles. The van der Waals surface area contributed by atoms with E-state index in [4.69, 9.17) is 4.42 Å². The molecule has 0 radical (unpaired) electrons. The van der Waals surface area contributed by atoms with Crippen LogP contribution in [0.25, 0.3) is 22.1 Å². The van der Waals surface area contributed by atoms with Gasteiger partial charge in [0.1, 0.15) is 17.4 Å². The van der Waals surface area contributed by atoms with Crippen LogP contribution in [0.15, 0.2) is 58.3 Å². The summed E-state index contributed by atoms with van der Waals surface area (Å²) < 4.78 is 31.8. The van der Waals surface area contributed by atoms with Crippen molar-refractivity contribution in [3.63, 3.8) is 0 Å². The topological polar surface area (TPSA) is 63.3 Å². The smallest absolute Gasteiger partial charge is 0.197 e. The van der Waals surface area contributed by atoms with Crippen molar-refractivity contribution in [1.29, 1.82) is 0 Å². The van der Waals surface area contributed by atoms with Crippen molar-refractivity contribution in [3.8, 4) is 0 Å². The summed E-state index contributed by atoms with van der Waals surface area (Å²) in [6.45, 7) is 0. The summed E-state index contributed by atoms with van der Waals surface area (Å²) in [6, 6.07) is 11.0. The van der Waals surface area contributed by atoms with Gasteiger partial charge in [-0.05, 0) is 29.8 Å². The van der Waals surface area contributed by atoms with Gasteiger partial charge in [0.05, 0.1) is 6.21 Å². The normalized spacial score (nSPS) is 11.6. The lowest BCUT2D eigenvalue weighted by Gasteiger charge is -1.99. The second-order valence-corrected chi connectivity index (χ2v) is 5.04. The van der Waals surface area contributed by atoms with Gasteiger partial charge in [0.15, 0.2) is 23.0 Å². The van der Waals surface area contributed by atoms with Crippen molar-refractivity contribution in [3.05, 3.63) is 66.0 Å². The van der Waals surface area contributed by atoms with Crippen molar-refractivity contribution in [2.75, 3.05) is 5.43 Å². The van der Waals surface area contributed by atoms with Crippen LogP contribution in [0.1, 0.15) is 5.56 Å². The van der Waals surface area contributed by atoms with E-state index in [1.54, 1.807) is 0 Å². The Morgan fingerprint density at radius 2 is 1.92 bits per heavy atom. The van der Waals surface area contributed by atoms with Crippen molar-refractivity contribution in [1.82, 2.24) is 9.97 Å². The number of aromatic nitrogens is 2. The number of halogens is 2. The van der Waals surface area contributed by atoms with Gasteiger partial charge in [0.2, 0.25) is 0 Å². The van der Waals surface area contributed by atoms with Crippen LogP contribution in [0.4, 0.5) is 14.6 Å². The molecule has 0 aliphatic rings. The third-order valence-corrected chi connectivity index (χ3v) is 3.49. The van der Waals surface area contributed by atoms with E-state index in [-0.39, 0.29) is 0 Å². The van der Waals surface area contributed by atoms with Crippen molar-refractivity contribution >= 4 is 34.1 Å². The molecule has 1 N–H and O–H groups in total. The zero-order valence-electron chi connectivity index (χ0n) is 12.2. The predicted molar refractivity (Wildman–Crippen MR) is 86.9 cm³/mol. The first-order valence-electron chi connectivity index (χ1n) is 7.09. The Kier molecular flexibility index (Phi) is 3.38. The van der Waals surface area contributed by atoms with Crippen LogP contribution in [-0.2, 0) is 0 Å². The molecule has 118 valence electrons. The summed E-state index contributed by atoms with van der Waals surface area (Å²) >= 11 is 0. The number of furan rings is 1. The molecule has 0 atom stereocenters. The van der Waals surface area contributed by atoms with Crippen LogP contribution in [-0.4, -0.2) is 16.2 Å². The highest BCUT2D eigenvalue weighted by Crippen LogP contribution is 2.30. The maximum Gasteiger partial charge on any atom is 0.197 e. The largest absolute Gasteiger partial charge is 0.450 e. The van der Waals surface area contributed by atoms with Crippen LogP contribution in [0.5, 0.6) is 0 Å². The summed E-state index contributed by atoms with van der Waals surface area (Å²) in [7, 11) is 0. The average molecular weight is 324 g/mol. The molecule has 2 aromatic heterocycles. The zero-order valence-corrected chi connectivity index (χ0v) is 12.2. The van der Waals surface area contributed by atoms with Crippen molar-refractivity contribution < 1.29 is 13.2 Å². The highest BCUT2D eigenvalue weighted by molar-refractivity contribution is 6.05. The maximum atomic E-state index is 13.2. The highest BCUT2D eigenvalue weighted by Gasteiger charge is 2.12. The SMILES string of the molecule is Fc1ccc(/C=N\Nc2ncnc3c2oc2ccccc23)cc1F. The quantitative estimate of drug-likeness (QED) is 0.455. The van der Waals surface area contributed by atoms with E-state index < -0.39 is 11.6 Å². The van der Waals surface area contributed by atoms with Gasteiger partial charge in [-0.25, -0.2) is 18.7 Å². The lowest BCUT2D eigenvalue weighted by molar-refractivity contribution is 0.508. The number of nitrogens with zero attached hydrogens (tertiary/aromatic N) is 3. The number of rotatable bonds is 3. The zero-order chi connectivity index (χ0) is 16.5. The van der Waals surface area contributed by atoms with E-state index in [0.29, 0.717) is 28.1 Å². The second kappa shape index (κ2) is 5.69. The molecule has 5 nitrogen and oxygen atoms in total. The molecule has 0 amide bonds. The Morgan fingerprint density at radius 1 is 1.04 bits per heavy atom. The van der Waals surface area contributed by atoms with Gasteiger partial charge in [0.25, 0.3) is 0 Å². The Labute approximate surface area is 134 Å². The first kappa shape index (κ1) is 14.3. The molecular weight excluding hydrogens is 314 g/mol. The van der Waals surface area contributed by atoms with Gasteiger partial charge in [0, 0.05) is 5.39 Å². The number of hydrogen-bond acceptors (Lipinski definition) is 5.